The van der Waals surface area contributed by atoms with Gasteiger partial charge in [-0.2, -0.15) is 0 Å². The number of hydrogen-bond donors (Lipinski definition) is 3. The fourth-order valence-corrected chi connectivity index (χ4v) is 3.51. The lowest BCUT2D eigenvalue weighted by molar-refractivity contribution is 0.0708. The van der Waals surface area contributed by atoms with Crippen LogP contribution in [0, 0.1) is 0 Å². The van der Waals surface area contributed by atoms with Crippen LogP contribution >= 0.6 is 0 Å². The summed E-state index contributed by atoms with van der Waals surface area (Å²) < 4.78 is 2.10. The van der Waals surface area contributed by atoms with E-state index in [2.05, 4.69) is 15.2 Å². The van der Waals surface area contributed by atoms with Gasteiger partial charge in [-0.1, -0.05) is 12.8 Å². The van der Waals surface area contributed by atoms with Gasteiger partial charge >= 0.3 is 0 Å². The molecule has 5 nitrogen and oxygen atoms in total. The fraction of sp³-hybridized carbons (Fsp3) is 0.688. The van der Waals surface area contributed by atoms with Gasteiger partial charge in [-0.15, -0.1) is 0 Å². The number of nitrogens with one attached hydrogen (secondary N) is 2. The third-order valence-corrected chi connectivity index (χ3v) is 4.76. The predicted molar refractivity (Wildman–Crippen MR) is 81.3 cm³/mol. The average molecular weight is 291 g/mol. The van der Waals surface area contributed by atoms with Crippen molar-refractivity contribution in [3.05, 3.63) is 24.0 Å². The summed E-state index contributed by atoms with van der Waals surface area (Å²) in [4.78, 5) is 12.5. The molecule has 3 rings (SSSR count). The van der Waals surface area contributed by atoms with Gasteiger partial charge in [0.25, 0.3) is 5.91 Å². The molecule has 2 heterocycles. The second-order valence-corrected chi connectivity index (χ2v) is 6.21. The SMILES string of the molecule is O=C(NC1CCCCC1O)c1cccn1C1CCNCC1. The topological polar surface area (TPSA) is 66.3 Å². The van der Waals surface area contributed by atoms with Crippen LogP contribution in [0.2, 0.25) is 0 Å². The number of carbonyl (C=O) groups is 1. The highest BCUT2D eigenvalue weighted by atomic mass is 16.3. The van der Waals surface area contributed by atoms with Crippen molar-refractivity contribution in [3.8, 4) is 0 Å². The summed E-state index contributed by atoms with van der Waals surface area (Å²) in [5.74, 6) is -0.0514. The lowest BCUT2D eigenvalue weighted by atomic mass is 9.92. The Morgan fingerprint density at radius 2 is 2.00 bits per heavy atom. The lowest BCUT2D eigenvalue weighted by Crippen LogP contribution is -2.45. The third kappa shape index (κ3) is 3.30. The van der Waals surface area contributed by atoms with E-state index in [0.717, 1.165) is 57.3 Å². The number of aliphatic hydroxyl groups excluding tert-OH is 1. The first-order valence-electron chi connectivity index (χ1n) is 8.12. The zero-order valence-corrected chi connectivity index (χ0v) is 12.4. The van der Waals surface area contributed by atoms with Gasteiger partial charge in [-0.25, -0.2) is 0 Å². The molecule has 1 aromatic rings. The Morgan fingerprint density at radius 3 is 2.76 bits per heavy atom. The molecule has 116 valence electrons. The minimum Gasteiger partial charge on any atom is -0.391 e. The van der Waals surface area contributed by atoms with E-state index >= 15 is 0 Å². The normalized spacial score (nSPS) is 27.5. The number of hydrogen-bond acceptors (Lipinski definition) is 3. The predicted octanol–water partition coefficient (Wildman–Crippen LogP) is 1.45. The standard InChI is InChI=1S/C16H25N3O2/c20-15-6-2-1-4-13(15)18-16(21)14-5-3-11-19(14)12-7-9-17-10-8-12/h3,5,11-13,15,17,20H,1-2,4,6-10H2,(H,18,21). The van der Waals surface area contributed by atoms with Crippen LogP contribution < -0.4 is 10.6 Å². The molecule has 1 saturated heterocycles. The molecule has 2 unspecified atom stereocenters. The molecule has 0 bridgehead atoms. The molecule has 21 heavy (non-hydrogen) atoms. The zero-order chi connectivity index (χ0) is 14.7. The van der Waals surface area contributed by atoms with Gasteiger partial charge < -0.3 is 20.3 Å². The van der Waals surface area contributed by atoms with Crippen LogP contribution in [-0.4, -0.2) is 40.8 Å². The summed E-state index contributed by atoms with van der Waals surface area (Å²) in [5, 5.41) is 16.4. The Kier molecular flexibility index (Phi) is 4.60. The van der Waals surface area contributed by atoms with Crippen molar-refractivity contribution in [3.63, 3.8) is 0 Å². The van der Waals surface area contributed by atoms with Gasteiger partial charge in [0, 0.05) is 12.2 Å². The summed E-state index contributed by atoms with van der Waals surface area (Å²) in [7, 11) is 0. The van der Waals surface area contributed by atoms with Crippen molar-refractivity contribution < 1.29 is 9.90 Å². The van der Waals surface area contributed by atoms with Crippen molar-refractivity contribution in [2.45, 2.75) is 56.7 Å². The van der Waals surface area contributed by atoms with Crippen LogP contribution in [0.5, 0.6) is 0 Å². The number of aromatic nitrogens is 1. The number of piperidine rings is 1. The van der Waals surface area contributed by atoms with E-state index in [1.165, 1.54) is 0 Å². The largest absolute Gasteiger partial charge is 0.391 e. The van der Waals surface area contributed by atoms with Crippen LogP contribution in [0.1, 0.15) is 55.1 Å². The maximum atomic E-state index is 12.5. The summed E-state index contributed by atoms with van der Waals surface area (Å²) in [6, 6.07) is 4.13. The summed E-state index contributed by atoms with van der Waals surface area (Å²) >= 11 is 0. The van der Waals surface area contributed by atoms with E-state index in [-0.39, 0.29) is 11.9 Å². The summed E-state index contributed by atoms with van der Waals surface area (Å²) in [6.07, 6.45) is 7.52. The van der Waals surface area contributed by atoms with E-state index in [0.29, 0.717) is 6.04 Å². The molecule has 2 fully saturated rings. The van der Waals surface area contributed by atoms with Crippen LogP contribution in [-0.2, 0) is 0 Å². The number of aliphatic hydroxyl groups is 1. The van der Waals surface area contributed by atoms with Gasteiger partial charge in [0.1, 0.15) is 5.69 Å². The maximum Gasteiger partial charge on any atom is 0.268 e. The minimum atomic E-state index is -0.398. The molecule has 2 atom stereocenters. The second-order valence-electron chi connectivity index (χ2n) is 6.21. The molecule has 1 aliphatic carbocycles. The molecular weight excluding hydrogens is 266 g/mol. The highest BCUT2D eigenvalue weighted by molar-refractivity contribution is 5.93. The van der Waals surface area contributed by atoms with E-state index in [1.807, 2.05) is 18.3 Å². The van der Waals surface area contributed by atoms with Gasteiger partial charge in [0.05, 0.1) is 12.1 Å². The van der Waals surface area contributed by atoms with E-state index in [1.54, 1.807) is 0 Å². The molecule has 2 aliphatic rings. The number of nitrogens with zero attached hydrogens (tertiary/aromatic N) is 1. The Hall–Kier alpha value is -1.33. The van der Waals surface area contributed by atoms with Crippen molar-refractivity contribution in [2.75, 3.05) is 13.1 Å². The molecule has 3 N–H and O–H groups in total. The highest BCUT2D eigenvalue weighted by Gasteiger charge is 2.26. The minimum absolute atomic E-state index is 0.0514. The van der Waals surface area contributed by atoms with Crippen molar-refractivity contribution >= 4 is 5.91 Å². The maximum absolute atomic E-state index is 12.5. The lowest BCUT2D eigenvalue weighted by Gasteiger charge is -2.29. The Labute approximate surface area is 125 Å². The van der Waals surface area contributed by atoms with Gasteiger partial charge in [0.15, 0.2) is 0 Å². The molecule has 1 aliphatic heterocycles. The molecule has 5 heteroatoms. The smallest absolute Gasteiger partial charge is 0.268 e. The van der Waals surface area contributed by atoms with Crippen LogP contribution in [0.3, 0.4) is 0 Å². The molecule has 1 saturated carbocycles. The van der Waals surface area contributed by atoms with Crippen LogP contribution in [0.25, 0.3) is 0 Å². The Balaban J connectivity index is 1.68. The summed E-state index contributed by atoms with van der Waals surface area (Å²) in [5.41, 5.74) is 0.722. The van der Waals surface area contributed by atoms with Crippen LogP contribution in [0.4, 0.5) is 0 Å². The quantitative estimate of drug-likeness (QED) is 0.789. The summed E-state index contributed by atoms with van der Waals surface area (Å²) in [6.45, 7) is 2.01. The van der Waals surface area contributed by atoms with Gasteiger partial charge in [-0.05, 0) is 50.9 Å². The second kappa shape index (κ2) is 6.62. The first-order valence-corrected chi connectivity index (χ1v) is 8.12. The first-order chi connectivity index (χ1) is 10.3. The highest BCUT2D eigenvalue weighted by Crippen LogP contribution is 2.22. The molecule has 1 amide bonds. The third-order valence-electron chi connectivity index (χ3n) is 4.76. The zero-order valence-electron chi connectivity index (χ0n) is 12.4. The fourth-order valence-electron chi connectivity index (χ4n) is 3.51. The Bertz CT molecular complexity index is 480. The van der Waals surface area contributed by atoms with E-state index in [4.69, 9.17) is 0 Å². The Morgan fingerprint density at radius 1 is 1.24 bits per heavy atom. The van der Waals surface area contributed by atoms with E-state index < -0.39 is 6.10 Å². The number of amides is 1. The van der Waals surface area contributed by atoms with Crippen molar-refractivity contribution in [1.29, 1.82) is 0 Å². The molecule has 0 aromatic carbocycles. The first kappa shape index (κ1) is 14.6. The van der Waals surface area contributed by atoms with Gasteiger partial charge in [-0.3, -0.25) is 4.79 Å². The monoisotopic (exact) mass is 291 g/mol. The van der Waals surface area contributed by atoms with Crippen molar-refractivity contribution in [2.24, 2.45) is 0 Å². The van der Waals surface area contributed by atoms with Gasteiger partial charge in [0.2, 0.25) is 0 Å². The number of carbonyl (C=O) groups excluding carboxylic acids is 1. The van der Waals surface area contributed by atoms with Crippen LogP contribution in [0.15, 0.2) is 18.3 Å². The van der Waals surface area contributed by atoms with E-state index in [9.17, 15) is 9.90 Å². The molecular formula is C16H25N3O2. The average Bonchev–Trinajstić information content (AvgIpc) is 3.00. The molecule has 0 radical (unpaired) electrons. The molecule has 0 spiro atoms. The van der Waals surface area contributed by atoms with Crippen molar-refractivity contribution in [1.82, 2.24) is 15.2 Å². The number of rotatable bonds is 3. The molecule has 1 aromatic heterocycles.